The van der Waals surface area contributed by atoms with Crippen LogP contribution in [0.4, 0.5) is 10.5 Å². The lowest BCUT2D eigenvalue weighted by Gasteiger charge is -2.42. The quantitative estimate of drug-likeness (QED) is 0.505. The Morgan fingerprint density at radius 1 is 1.18 bits per heavy atom. The van der Waals surface area contributed by atoms with Crippen molar-refractivity contribution in [1.82, 2.24) is 15.2 Å². The van der Waals surface area contributed by atoms with Gasteiger partial charge < -0.3 is 20.0 Å². The number of hydrogen-bond donors (Lipinski definition) is 2. The Balaban J connectivity index is 1.44. The first-order valence-corrected chi connectivity index (χ1v) is 12.0. The number of likely N-dealkylation sites (tertiary alicyclic amines) is 1. The summed E-state index contributed by atoms with van der Waals surface area (Å²) in [6.45, 7) is 0.664. The van der Waals surface area contributed by atoms with E-state index in [9.17, 15) is 9.59 Å². The molecule has 8 heteroatoms. The second-order valence-electron chi connectivity index (χ2n) is 9.27. The Labute approximate surface area is 196 Å². The lowest BCUT2D eigenvalue weighted by molar-refractivity contribution is 0.0702. The molecule has 1 aliphatic carbocycles. The predicted molar refractivity (Wildman–Crippen MR) is 125 cm³/mol. The summed E-state index contributed by atoms with van der Waals surface area (Å²) in [7, 11) is 0. The zero-order chi connectivity index (χ0) is 22.6. The van der Waals surface area contributed by atoms with Crippen LogP contribution in [0.1, 0.15) is 72.8 Å². The Kier molecular flexibility index (Phi) is 4.83. The highest BCUT2D eigenvalue weighted by molar-refractivity contribution is 6.35. The largest absolute Gasteiger partial charge is 0.450 e. The molecule has 6 rings (SSSR count). The summed E-state index contributed by atoms with van der Waals surface area (Å²) in [4.78, 5) is 32.4. The van der Waals surface area contributed by atoms with Crippen molar-refractivity contribution in [3.8, 4) is 0 Å². The van der Waals surface area contributed by atoms with Crippen molar-refractivity contribution < 1.29 is 14.0 Å². The van der Waals surface area contributed by atoms with E-state index in [4.69, 9.17) is 16.0 Å². The average Bonchev–Trinajstić information content (AvgIpc) is 3.47. The van der Waals surface area contributed by atoms with Crippen LogP contribution in [0.15, 0.2) is 40.9 Å². The van der Waals surface area contributed by atoms with E-state index < -0.39 is 5.54 Å². The maximum absolute atomic E-state index is 13.6. The third-order valence-electron chi connectivity index (χ3n) is 7.29. The van der Waals surface area contributed by atoms with Crippen molar-refractivity contribution in [3.63, 3.8) is 0 Å². The van der Waals surface area contributed by atoms with Crippen LogP contribution in [0.5, 0.6) is 0 Å². The molecule has 3 aliphatic rings. The highest BCUT2D eigenvalue weighted by Gasteiger charge is 2.44. The Morgan fingerprint density at radius 2 is 2.03 bits per heavy atom. The number of furan rings is 1. The number of benzene rings is 1. The van der Waals surface area contributed by atoms with Gasteiger partial charge in [0.15, 0.2) is 5.76 Å². The van der Waals surface area contributed by atoms with Gasteiger partial charge in [-0.25, -0.2) is 4.79 Å². The normalized spacial score (nSPS) is 21.7. The third-order valence-corrected chi connectivity index (χ3v) is 7.59. The number of amides is 3. The van der Waals surface area contributed by atoms with Crippen molar-refractivity contribution >= 4 is 40.2 Å². The fourth-order valence-corrected chi connectivity index (χ4v) is 6.08. The van der Waals surface area contributed by atoms with Crippen LogP contribution >= 0.6 is 11.6 Å². The highest BCUT2D eigenvalue weighted by Crippen LogP contribution is 2.49. The standard InChI is InChI=1S/C25H25ClN4O3/c26-16-13-15-14-19(23(31)30-12-6-8-18(30)17-7-2-5-11-27-17)33-22(15)20-21(16)28-24(32)29-25(20)9-3-1-4-10-25/h2,5,7,11,13-14,18H,1,3-4,6,8-10,12H2,(H2,28,29,32)/t18-/m0/s1. The van der Waals surface area contributed by atoms with E-state index in [-0.39, 0.29) is 18.0 Å². The van der Waals surface area contributed by atoms with E-state index in [0.29, 0.717) is 28.6 Å². The first-order chi connectivity index (χ1) is 16.1. The number of aromatic nitrogens is 1. The van der Waals surface area contributed by atoms with Crippen LogP contribution in [-0.2, 0) is 5.54 Å². The maximum atomic E-state index is 13.6. The van der Waals surface area contributed by atoms with Crippen molar-refractivity contribution in [3.05, 3.63) is 58.6 Å². The first-order valence-electron chi connectivity index (χ1n) is 11.6. The monoisotopic (exact) mass is 464 g/mol. The van der Waals surface area contributed by atoms with Gasteiger partial charge >= 0.3 is 6.03 Å². The van der Waals surface area contributed by atoms with E-state index in [1.165, 1.54) is 0 Å². The molecule has 0 bridgehead atoms. The molecule has 7 nitrogen and oxygen atoms in total. The molecule has 1 saturated carbocycles. The molecule has 2 fully saturated rings. The van der Waals surface area contributed by atoms with Gasteiger partial charge in [0.2, 0.25) is 0 Å². The molecule has 0 unspecified atom stereocenters. The zero-order valence-electron chi connectivity index (χ0n) is 18.2. The number of urea groups is 1. The number of carbonyl (C=O) groups is 2. The molecule has 1 aromatic carbocycles. The Bertz CT molecular complexity index is 1250. The van der Waals surface area contributed by atoms with Crippen molar-refractivity contribution in [2.75, 3.05) is 11.9 Å². The summed E-state index contributed by atoms with van der Waals surface area (Å²) in [5.41, 5.74) is 2.46. The number of nitrogens with one attached hydrogen (secondary N) is 2. The van der Waals surface area contributed by atoms with E-state index in [1.54, 1.807) is 18.3 Å². The number of halogens is 1. The van der Waals surface area contributed by atoms with Crippen LogP contribution < -0.4 is 10.6 Å². The van der Waals surface area contributed by atoms with Gasteiger partial charge in [0.25, 0.3) is 5.91 Å². The molecule has 1 atom stereocenters. The average molecular weight is 465 g/mol. The Morgan fingerprint density at radius 3 is 2.82 bits per heavy atom. The van der Waals surface area contributed by atoms with Crippen molar-refractivity contribution in [2.45, 2.75) is 56.5 Å². The summed E-state index contributed by atoms with van der Waals surface area (Å²) in [5, 5.41) is 7.26. The van der Waals surface area contributed by atoms with Gasteiger partial charge in [-0.05, 0) is 49.9 Å². The second kappa shape index (κ2) is 7.76. The topological polar surface area (TPSA) is 87.5 Å². The minimum absolute atomic E-state index is 0.0601. The summed E-state index contributed by atoms with van der Waals surface area (Å²) in [5.74, 6) is 0.148. The molecule has 170 valence electrons. The summed E-state index contributed by atoms with van der Waals surface area (Å²) in [6.07, 6.45) is 8.37. The van der Waals surface area contributed by atoms with E-state index in [0.717, 1.165) is 61.6 Å². The molecule has 2 aliphatic heterocycles. The van der Waals surface area contributed by atoms with Gasteiger partial charge in [0.1, 0.15) is 5.58 Å². The van der Waals surface area contributed by atoms with Crippen LogP contribution in [0.3, 0.4) is 0 Å². The van der Waals surface area contributed by atoms with Gasteiger partial charge in [0, 0.05) is 23.7 Å². The molecule has 2 aromatic heterocycles. The van der Waals surface area contributed by atoms with Gasteiger partial charge in [-0.1, -0.05) is 36.9 Å². The minimum atomic E-state index is -0.526. The second-order valence-corrected chi connectivity index (χ2v) is 9.68. The molecule has 3 aromatic rings. The molecule has 33 heavy (non-hydrogen) atoms. The number of rotatable bonds is 2. The number of nitrogens with zero attached hydrogens (tertiary/aromatic N) is 2. The number of hydrogen-bond acceptors (Lipinski definition) is 4. The molecule has 3 amide bonds. The fraction of sp³-hybridized carbons (Fsp3) is 0.400. The lowest BCUT2D eigenvalue weighted by Crippen LogP contribution is -2.52. The van der Waals surface area contributed by atoms with Crippen LogP contribution in [0.25, 0.3) is 11.0 Å². The van der Waals surface area contributed by atoms with E-state index in [1.807, 2.05) is 23.1 Å². The zero-order valence-corrected chi connectivity index (χ0v) is 19.0. The minimum Gasteiger partial charge on any atom is -0.450 e. The molecular weight excluding hydrogens is 440 g/mol. The van der Waals surface area contributed by atoms with Crippen LogP contribution in [0, 0.1) is 0 Å². The lowest BCUT2D eigenvalue weighted by atomic mass is 9.74. The number of anilines is 1. The smallest absolute Gasteiger partial charge is 0.319 e. The molecule has 2 N–H and O–H groups in total. The van der Waals surface area contributed by atoms with Crippen molar-refractivity contribution in [2.24, 2.45) is 0 Å². The molecule has 4 heterocycles. The highest BCUT2D eigenvalue weighted by atomic mass is 35.5. The van der Waals surface area contributed by atoms with Gasteiger partial charge in [-0.15, -0.1) is 0 Å². The molecule has 1 saturated heterocycles. The summed E-state index contributed by atoms with van der Waals surface area (Å²) in [6, 6.07) is 9.04. The summed E-state index contributed by atoms with van der Waals surface area (Å²) < 4.78 is 6.28. The van der Waals surface area contributed by atoms with Crippen LogP contribution in [-0.4, -0.2) is 28.4 Å². The third kappa shape index (κ3) is 3.29. The number of fused-ring (bicyclic) bond motifs is 4. The van der Waals surface area contributed by atoms with Gasteiger partial charge in [0.05, 0.1) is 28.0 Å². The molecule has 1 spiro atoms. The van der Waals surface area contributed by atoms with Gasteiger partial charge in [-0.2, -0.15) is 0 Å². The van der Waals surface area contributed by atoms with Gasteiger partial charge in [-0.3, -0.25) is 9.78 Å². The fourth-order valence-electron chi connectivity index (χ4n) is 5.82. The maximum Gasteiger partial charge on any atom is 0.319 e. The SMILES string of the molecule is O=C1Nc2c(Cl)cc3cc(C(=O)N4CCC[C@H]4c4ccccn4)oc3c2C2(CCCCC2)N1. The number of pyridine rings is 1. The van der Waals surface area contributed by atoms with Crippen molar-refractivity contribution in [1.29, 1.82) is 0 Å². The van der Waals surface area contributed by atoms with E-state index >= 15 is 0 Å². The molecule has 0 radical (unpaired) electrons. The van der Waals surface area contributed by atoms with E-state index in [2.05, 4.69) is 15.6 Å². The number of carbonyl (C=O) groups excluding carboxylic acids is 2. The Hall–Kier alpha value is -3.06. The first kappa shape index (κ1) is 20.5. The predicted octanol–water partition coefficient (Wildman–Crippen LogP) is 5.75. The summed E-state index contributed by atoms with van der Waals surface area (Å²) >= 11 is 6.62. The van der Waals surface area contributed by atoms with Crippen LogP contribution in [0.2, 0.25) is 5.02 Å². The molecular formula is C25H25ClN4O3.